The molecule has 0 amide bonds. The van der Waals surface area contributed by atoms with Gasteiger partial charge in [0.1, 0.15) is 10.8 Å². The van der Waals surface area contributed by atoms with Crippen LogP contribution in [0.25, 0.3) is 0 Å². The first kappa shape index (κ1) is 14.9. The van der Waals surface area contributed by atoms with Crippen LogP contribution in [-0.4, -0.2) is 44.8 Å². The van der Waals surface area contributed by atoms with Crippen LogP contribution in [0.5, 0.6) is 0 Å². The molecule has 0 bridgehead atoms. The predicted octanol–water partition coefficient (Wildman–Crippen LogP) is 0.523. The van der Waals surface area contributed by atoms with Crippen molar-refractivity contribution in [1.29, 1.82) is 0 Å². The zero-order valence-corrected chi connectivity index (χ0v) is 11.8. The molecule has 0 aromatic carbocycles. The first-order valence-corrected chi connectivity index (χ1v) is 7.58. The summed E-state index contributed by atoms with van der Waals surface area (Å²) in [6, 6.07) is 0. The largest absolute Gasteiger partial charge is 0.369 e. The van der Waals surface area contributed by atoms with Gasteiger partial charge in [-0.05, 0) is 6.42 Å². The Labute approximate surface area is 111 Å². The van der Waals surface area contributed by atoms with Gasteiger partial charge in [-0.3, -0.25) is 0 Å². The SMILES string of the molecule is CNc1ncc(Cl)c(NCCCNS(C)(=O)=O)n1. The lowest BCUT2D eigenvalue weighted by Gasteiger charge is -2.08. The van der Waals surface area contributed by atoms with Crippen molar-refractivity contribution in [3.63, 3.8) is 0 Å². The lowest BCUT2D eigenvalue weighted by atomic mass is 10.4. The number of nitrogens with one attached hydrogen (secondary N) is 3. The van der Waals surface area contributed by atoms with Gasteiger partial charge in [-0.25, -0.2) is 18.1 Å². The molecule has 0 radical (unpaired) electrons. The Bertz CT molecular complexity index is 494. The van der Waals surface area contributed by atoms with Crippen molar-refractivity contribution in [2.75, 3.05) is 37.0 Å². The van der Waals surface area contributed by atoms with E-state index in [1.165, 1.54) is 6.20 Å². The van der Waals surface area contributed by atoms with Gasteiger partial charge < -0.3 is 10.6 Å². The average molecular weight is 294 g/mol. The van der Waals surface area contributed by atoms with Gasteiger partial charge in [0.2, 0.25) is 16.0 Å². The lowest BCUT2D eigenvalue weighted by Crippen LogP contribution is -2.24. The Balaban J connectivity index is 2.39. The summed E-state index contributed by atoms with van der Waals surface area (Å²) in [4.78, 5) is 8.08. The van der Waals surface area contributed by atoms with Crippen molar-refractivity contribution in [3.05, 3.63) is 11.2 Å². The summed E-state index contributed by atoms with van der Waals surface area (Å²) in [5.74, 6) is 0.992. The molecule has 0 spiro atoms. The molecule has 0 saturated heterocycles. The van der Waals surface area contributed by atoms with Crippen LogP contribution in [0.1, 0.15) is 6.42 Å². The van der Waals surface area contributed by atoms with Crippen LogP contribution in [0.4, 0.5) is 11.8 Å². The molecule has 0 aliphatic heterocycles. The maximum atomic E-state index is 10.8. The highest BCUT2D eigenvalue weighted by molar-refractivity contribution is 7.88. The van der Waals surface area contributed by atoms with Crippen molar-refractivity contribution in [3.8, 4) is 0 Å². The number of halogens is 1. The minimum atomic E-state index is -3.13. The molecule has 0 saturated carbocycles. The number of hydrogen-bond acceptors (Lipinski definition) is 6. The average Bonchev–Trinajstić information content (AvgIpc) is 2.29. The molecular weight excluding hydrogens is 278 g/mol. The lowest BCUT2D eigenvalue weighted by molar-refractivity contribution is 0.586. The third-order valence-corrected chi connectivity index (χ3v) is 2.98. The minimum absolute atomic E-state index is 0.368. The van der Waals surface area contributed by atoms with E-state index < -0.39 is 10.0 Å². The normalized spacial score (nSPS) is 11.3. The van der Waals surface area contributed by atoms with E-state index in [1.54, 1.807) is 7.05 Å². The zero-order valence-electron chi connectivity index (χ0n) is 10.2. The van der Waals surface area contributed by atoms with Gasteiger partial charge in [0.15, 0.2) is 0 Å². The molecule has 1 rings (SSSR count). The summed E-state index contributed by atoms with van der Waals surface area (Å²) < 4.78 is 24.0. The highest BCUT2D eigenvalue weighted by atomic mass is 35.5. The van der Waals surface area contributed by atoms with Gasteiger partial charge in [0.25, 0.3) is 0 Å². The minimum Gasteiger partial charge on any atom is -0.369 e. The Morgan fingerprint density at radius 2 is 2.11 bits per heavy atom. The van der Waals surface area contributed by atoms with Crippen LogP contribution in [0, 0.1) is 0 Å². The number of anilines is 2. The van der Waals surface area contributed by atoms with Gasteiger partial charge >= 0.3 is 0 Å². The Hall–Kier alpha value is -1.12. The van der Waals surface area contributed by atoms with E-state index in [2.05, 4.69) is 25.3 Å². The maximum Gasteiger partial charge on any atom is 0.224 e. The van der Waals surface area contributed by atoms with E-state index >= 15 is 0 Å². The second-order valence-electron chi connectivity index (χ2n) is 3.59. The van der Waals surface area contributed by atoms with Crippen LogP contribution in [0.2, 0.25) is 5.02 Å². The van der Waals surface area contributed by atoms with E-state index in [0.29, 0.717) is 36.3 Å². The van der Waals surface area contributed by atoms with Gasteiger partial charge in [-0.15, -0.1) is 0 Å². The van der Waals surface area contributed by atoms with Crippen LogP contribution in [0.3, 0.4) is 0 Å². The quantitative estimate of drug-likeness (QED) is 0.635. The molecular formula is C9H16ClN5O2S. The van der Waals surface area contributed by atoms with E-state index in [-0.39, 0.29) is 0 Å². The van der Waals surface area contributed by atoms with Crippen LogP contribution in [0.15, 0.2) is 6.20 Å². The number of hydrogen-bond donors (Lipinski definition) is 3. The molecule has 0 atom stereocenters. The van der Waals surface area contributed by atoms with Crippen LogP contribution >= 0.6 is 11.6 Å². The van der Waals surface area contributed by atoms with E-state index in [4.69, 9.17) is 11.6 Å². The predicted molar refractivity (Wildman–Crippen MR) is 72.5 cm³/mol. The van der Waals surface area contributed by atoms with E-state index in [0.717, 1.165) is 6.26 Å². The topological polar surface area (TPSA) is 96.0 Å². The standard InChI is InChI=1S/C9H16ClN5O2S/c1-11-9-13-6-7(10)8(15-9)12-4-3-5-14-18(2,16)17/h6,14H,3-5H2,1-2H3,(H2,11,12,13,15). The summed E-state index contributed by atoms with van der Waals surface area (Å²) >= 11 is 5.91. The highest BCUT2D eigenvalue weighted by Crippen LogP contribution is 2.18. The summed E-state index contributed by atoms with van der Waals surface area (Å²) in [6.07, 6.45) is 3.25. The summed E-state index contributed by atoms with van der Waals surface area (Å²) in [5.41, 5.74) is 0. The Morgan fingerprint density at radius 1 is 1.39 bits per heavy atom. The van der Waals surface area contributed by atoms with Gasteiger partial charge in [-0.2, -0.15) is 4.98 Å². The molecule has 0 aliphatic carbocycles. The van der Waals surface area contributed by atoms with Crippen molar-refractivity contribution >= 4 is 33.4 Å². The molecule has 102 valence electrons. The first-order chi connectivity index (χ1) is 8.42. The van der Waals surface area contributed by atoms with E-state index in [1.807, 2.05) is 0 Å². The van der Waals surface area contributed by atoms with Crippen LogP contribution in [-0.2, 0) is 10.0 Å². The Kier molecular flexibility index (Phi) is 5.57. The van der Waals surface area contributed by atoms with Gasteiger partial charge in [0.05, 0.1) is 12.5 Å². The van der Waals surface area contributed by atoms with E-state index in [9.17, 15) is 8.42 Å². The van der Waals surface area contributed by atoms with Gasteiger partial charge in [0, 0.05) is 20.1 Å². The molecule has 3 N–H and O–H groups in total. The number of rotatable bonds is 7. The van der Waals surface area contributed by atoms with Crippen molar-refractivity contribution in [2.45, 2.75) is 6.42 Å². The molecule has 9 heteroatoms. The highest BCUT2D eigenvalue weighted by Gasteiger charge is 2.04. The molecule has 1 aromatic heterocycles. The van der Waals surface area contributed by atoms with Crippen molar-refractivity contribution in [1.82, 2.24) is 14.7 Å². The molecule has 18 heavy (non-hydrogen) atoms. The summed E-state index contributed by atoms with van der Waals surface area (Å²) in [6.45, 7) is 0.926. The molecule has 0 fully saturated rings. The molecule has 0 unspecified atom stereocenters. The summed E-state index contributed by atoms with van der Waals surface area (Å²) in [7, 11) is -1.42. The fourth-order valence-corrected chi connectivity index (χ4v) is 1.84. The second-order valence-corrected chi connectivity index (χ2v) is 5.83. The monoisotopic (exact) mass is 293 g/mol. The molecule has 1 aromatic rings. The van der Waals surface area contributed by atoms with Crippen molar-refractivity contribution < 1.29 is 8.42 Å². The first-order valence-electron chi connectivity index (χ1n) is 5.31. The molecule has 0 aliphatic rings. The summed E-state index contributed by atoms with van der Waals surface area (Å²) in [5, 5.41) is 6.24. The third-order valence-electron chi connectivity index (χ3n) is 1.98. The molecule has 1 heterocycles. The smallest absolute Gasteiger partial charge is 0.224 e. The maximum absolute atomic E-state index is 10.8. The van der Waals surface area contributed by atoms with Crippen molar-refractivity contribution in [2.24, 2.45) is 0 Å². The third kappa shape index (κ3) is 5.48. The Morgan fingerprint density at radius 3 is 2.72 bits per heavy atom. The fourth-order valence-electron chi connectivity index (χ4n) is 1.16. The zero-order chi connectivity index (χ0) is 13.6. The molecule has 7 nitrogen and oxygen atoms in total. The fraction of sp³-hybridized carbons (Fsp3) is 0.556. The number of sulfonamides is 1. The second kappa shape index (κ2) is 6.72. The number of nitrogens with zero attached hydrogens (tertiary/aromatic N) is 2. The van der Waals surface area contributed by atoms with Crippen LogP contribution < -0.4 is 15.4 Å². The van der Waals surface area contributed by atoms with Gasteiger partial charge in [-0.1, -0.05) is 11.6 Å². The number of aromatic nitrogens is 2.